The Morgan fingerprint density at radius 1 is 0.426 bits per heavy atom. The number of para-hydroxylation sites is 1. The molecule has 0 bridgehead atoms. The molecular formula is C64H40INO2. The minimum Gasteiger partial charge on any atom is -0.0645 e. The number of aromatic nitrogens is 1. The summed E-state index contributed by atoms with van der Waals surface area (Å²) in [5.41, 5.74) is 16.0. The van der Waals surface area contributed by atoms with Gasteiger partial charge in [-0.05, 0) is 47.9 Å². The summed E-state index contributed by atoms with van der Waals surface area (Å²) in [5, 5.41) is 9.74. The maximum atomic E-state index is 6.72. The Balaban J connectivity index is 0.909. The molecule has 1 atom stereocenters. The molecule has 1 aliphatic heterocycles. The molecule has 4 heteroatoms. The first-order valence-electron chi connectivity index (χ1n) is 23.4. The summed E-state index contributed by atoms with van der Waals surface area (Å²) in [7, 11) is 0. The number of hydrogen-bond acceptors (Lipinski definition) is 2. The summed E-state index contributed by atoms with van der Waals surface area (Å²) in [6, 6.07) is 74.5. The van der Waals surface area contributed by atoms with E-state index in [-0.39, 0.29) is 6.04 Å². The molecule has 320 valence electrons. The third-order valence-corrected chi connectivity index (χ3v) is 20.7. The fourth-order valence-electron chi connectivity index (χ4n) is 11.4. The van der Waals surface area contributed by atoms with E-state index in [1.807, 2.05) is 12.1 Å². The van der Waals surface area contributed by atoms with Crippen molar-refractivity contribution < 1.29 is 8.83 Å². The molecule has 2 aliphatic rings. The second kappa shape index (κ2) is 14.8. The molecule has 15 rings (SSSR count). The second-order valence-electron chi connectivity index (χ2n) is 18.1. The molecule has 0 spiro atoms. The molecule has 1 aliphatic carbocycles. The number of furan rings is 2. The summed E-state index contributed by atoms with van der Waals surface area (Å²) in [4.78, 5) is 0. The van der Waals surface area contributed by atoms with Crippen LogP contribution in [0.3, 0.4) is 0 Å². The third-order valence-electron chi connectivity index (χ3n) is 14.4. The van der Waals surface area contributed by atoms with Gasteiger partial charge in [-0.25, -0.2) is 0 Å². The van der Waals surface area contributed by atoms with Crippen molar-refractivity contribution in [3.8, 4) is 44.5 Å². The topological polar surface area (TPSA) is 31.2 Å². The van der Waals surface area contributed by atoms with E-state index in [0.29, 0.717) is 0 Å². The quantitative estimate of drug-likeness (QED) is 0.161. The zero-order chi connectivity index (χ0) is 44.5. The smallest absolute Gasteiger partial charge is 0.0645 e. The van der Waals surface area contributed by atoms with E-state index in [0.717, 1.165) is 50.3 Å². The number of fused-ring (bicyclic) bond motifs is 14. The van der Waals surface area contributed by atoms with Crippen LogP contribution in [0.1, 0.15) is 12.5 Å². The van der Waals surface area contributed by atoms with E-state index in [9.17, 15) is 0 Å². The van der Waals surface area contributed by atoms with Gasteiger partial charge in [-0.15, -0.1) is 0 Å². The maximum absolute atomic E-state index is 6.72. The standard InChI is InChI=1S/C64H40INO2/c1-3-14-44(15-4-1)65-55-22-11-20-46(62(55)50-30-25-39-13-7-8-18-48(39)64(50)65)43-29-34-60-54(38-43)63-47(21-12-24-61(63)68-60)42-27-32-57-52(37-42)51-35-40(26-31-56(51)66(57)45-16-5-2-6-17-45)41-28-33-59-53(36-41)49-19-9-10-23-58(49)67-59/h1-16,18-38,45H,17H2. The van der Waals surface area contributed by atoms with Crippen LogP contribution in [0.25, 0.3) is 121 Å². The van der Waals surface area contributed by atoms with Crippen molar-refractivity contribution in [2.24, 2.45) is 0 Å². The molecule has 0 fully saturated rings. The van der Waals surface area contributed by atoms with Gasteiger partial charge in [0.25, 0.3) is 0 Å². The molecule has 3 nitrogen and oxygen atoms in total. The van der Waals surface area contributed by atoms with Gasteiger partial charge >= 0.3 is 257 Å². The molecule has 0 radical (unpaired) electrons. The molecule has 0 amide bonds. The SMILES string of the molecule is C1=CCC(n2c3ccc(-c4ccc5oc6ccccc6c5c4)cc3c3cc(-c4cccc5oc6ccc(-c7cccc8c7-c7ccc9ccccc9c7I8c7ccccc7)cc6c45)ccc32)C=C1. The minimum atomic E-state index is -2.03. The summed E-state index contributed by atoms with van der Waals surface area (Å²) in [6.45, 7) is 0. The van der Waals surface area contributed by atoms with Crippen molar-refractivity contribution in [1.29, 1.82) is 0 Å². The number of benzene rings is 10. The first kappa shape index (κ1) is 38.2. The third kappa shape index (κ3) is 5.64. The van der Waals surface area contributed by atoms with Crippen molar-refractivity contribution in [1.82, 2.24) is 4.57 Å². The fraction of sp³-hybridized carbons (Fsp3) is 0.0312. The Kier molecular flexibility index (Phi) is 8.31. The van der Waals surface area contributed by atoms with Gasteiger partial charge in [-0.3, -0.25) is 0 Å². The van der Waals surface area contributed by atoms with Crippen LogP contribution in [0.5, 0.6) is 0 Å². The monoisotopic (exact) mass is 981 g/mol. The van der Waals surface area contributed by atoms with Crippen molar-refractivity contribution >= 4 is 96.3 Å². The average Bonchev–Trinajstić information content (AvgIpc) is 4.16. The second-order valence-corrected chi connectivity index (χ2v) is 23.2. The zero-order valence-electron chi connectivity index (χ0n) is 36.8. The molecule has 3 aromatic heterocycles. The van der Waals surface area contributed by atoms with Crippen LogP contribution in [0.15, 0.2) is 233 Å². The van der Waals surface area contributed by atoms with Crippen LogP contribution < -0.4 is 0 Å². The number of halogens is 1. The Labute approximate surface area is 399 Å². The van der Waals surface area contributed by atoms with Gasteiger partial charge in [0.2, 0.25) is 0 Å². The van der Waals surface area contributed by atoms with Crippen LogP contribution in [0.4, 0.5) is 0 Å². The van der Waals surface area contributed by atoms with E-state index >= 15 is 0 Å². The fourth-order valence-corrected chi connectivity index (χ4v) is 18.2. The van der Waals surface area contributed by atoms with Gasteiger partial charge in [0.15, 0.2) is 0 Å². The molecular weight excluding hydrogens is 942 g/mol. The van der Waals surface area contributed by atoms with Gasteiger partial charge in [-0.1, -0.05) is 54.6 Å². The summed E-state index contributed by atoms with van der Waals surface area (Å²) in [6.07, 6.45) is 9.91. The molecule has 10 aromatic carbocycles. The molecule has 4 heterocycles. The number of hydrogen-bond donors (Lipinski definition) is 0. The van der Waals surface area contributed by atoms with E-state index < -0.39 is 19.8 Å². The van der Waals surface area contributed by atoms with E-state index in [1.165, 1.54) is 84.2 Å². The predicted molar refractivity (Wildman–Crippen MR) is 292 cm³/mol. The summed E-state index contributed by atoms with van der Waals surface area (Å²) >= 11 is -2.03. The van der Waals surface area contributed by atoms with E-state index in [4.69, 9.17) is 8.83 Å². The van der Waals surface area contributed by atoms with Gasteiger partial charge in [0.05, 0.1) is 6.04 Å². The molecule has 0 N–H and O–H groups in total. The van der Waals surface area contributed by atoms with Crippen LogP contribution in [-0.2, 0) is 0 Å². The first-order valence-corrected chi connectivity index (χ1v) is 26.6. The predicted octanol–water partition coefficient (Wildman–Crippen LogP) is 18.2. The first-order chi connectivity index (χ1) is 33.7. The van der Waals surface area contributed by atoms with Crippen LogP contribution in [0, 0.1) is 10.7 Å². The van der Waals surface area contributed by atoms with Crippen molar-refractivity contribution in [2.45, 2.75) is 12.5 Å². The molecule has 0 saturated heterocycles. The van der Waals surface area contributed by atoms with Crippen LogP contribution in [-0.4, -0.2) is 4.57 Å². The number of nitrogens with zero attached hydrogens (tertiary/aromatic N) is 1. The molecule has 0 saturated carbocycles. The van der Waals surface area contributed by atoms with E-state index in [2.05, 4.69) is 217 Å². The Morgan fingerprint density at radius 3 is 1.91 bits per heavy atom. The summed E-state index contributed by atoms with van der Waals surface area (Å²) in [5.74, 6) is 0. The molecule has 68 heavy (non-hydrogen) atoms. The number of allylic oxidation sites excluding steroid dienone is 4. The normalized spacial score (nSPS) is 14.9. The zero-order valence-corrected chi connectivity index (χ0v) is 38.9. The van der Waals surface area contributed by atoms with Gasteiger partial charge < -0.3 is 8.98 Å². The van der Waals surface area contributed by atoms with Crippen LogP contribution in [0.2, 0.25) is 0 Å². The summed E-state index contributed by atoms with van der Waals surface area (Å²) < 4.78 is 20.0. The van der Waals surface area contributed by atoms with E-state index in [1.54, 1.807) is 3.57 Å². The van der Waals surface area contributed by atoms with Gasteiger partial charge in [0.1, 0.15) is 11.2 Å². The van der Waals surface area contributed by atoms with Gasteiger partial charge in [0, 0.05) is 16.3 Å². The Bertz CT molecular complexity index is 4310. The van der Waals surface area contributed by atoms with Crippen molar-refractivity contribution in [2.75, 3.05) is 0 Å². The van der Waals surface area contributed by atoms with Gasteiger partial charge in [-0.2, -0.15) is 0 Å². The van der Waals surface area contributed by atoms with Crippen molar-refractivity contribution in [3.05, 3.63) is 235 Å². The Hall–Kier alpha value is -7.93. The minimum absolute atomic E-state index is 0.223. The van der Waals surface area contributed by atoms with Crippen LogP contribution >= 0.6 is 19.8 Å². The number of rotatable bonds is 5. The molecule has 1 unspecified atom stereocenters. The molecule has 13 aromatic rings. The Morgan fingerprint density at radius 2 is 1.06 bits per heavy atom. The average molecular weight is 982 g/mol. The van der Waals surface area contributed by atoms with Crippen molar-refractivity contribution in [3.63, 3.8) is 0 Å².